The summed E-state index contributed by atoms with van der Waals surface area (Å²) in [7, 11) is 0. The van der Waals surface area contributed by atoms with E-state index in [1.807, 2.05) is 12.2 Å². The molecular weight excluding hydrogens is 208 g/mol. The van der Waals surface area contributed by atoms with Crippen molar-refractivity contribution in [1.29, 1.82) is 0 Å². The van der Waals surface area contributed by atoms with Gasteiger partial charge in [0.05, 0.1) is 0 Å². The van der Waals surface area contributed by atoms with Gasteiger partial charge in [-0.3, -0.25) is 0 Å². The molecule has 0 heterocycles. The summed E-state index contributed by atoms with van der Waals surface area (Å²) < 4.78 is 5.61. The summed E-state index contributed by atoms with van der Waals surface area (Å²) in [6.45, 7) is 9.34. The maximum absolute atomic E-state index is 5.61. The van der Waals surface area contributed by atoms with Gasteiger partial charge >= 0.3 is 0 Å². The topological polar surface area (TPSA) is 9.23 Å². The van der Waals surface area contributed by atoms with Crippen molar-refractivity contribution in [3.63, 3.8) is 0 Å². The van der Waals surface area contributed by atoms with Crippen LogP contribution >= 0.6 is 0 Å². The smallest absolute Gasteiger partial charge is 0.0466 e. The average molecular weight is 238 g/mol. The molecule has 0 aliphatic heterocycles. The molecule has 17 heavy (non-hydrogen) atoms. The lowest BCUT2D eigenvalue weighted by Gasteiger charge is -2.04. The number of hydrogen-bond acceptors (Lipinski definition) is 1. The van der Waals surface area contributed by atoms with Crippen LogP contribution in [-0.2, 0) is 4.74 Å². The molecule has 0 spiro atoms. The Balaban J connectivity index is 2.89. The van der Waals surface area contributed by atoms with E-state index < -0.39 is 0 Å². The zero-order valence-electron chi connectivity index (χ0n) is 11.5. The molecule has 0 aromatic rings. The number of ether oxygens (including phenoxy) is 1. The van der Waals surface area contributed by atoms with E-state index >= 15 is 0 Å². The number of rotatable bonds is 14. The molecule has 0 fully saturated rings. The van der Waals surface area contributed by atoms with Crippen molar-refractivity contribution in [3.8, 4) is 0 Å². The third-order valence-electron chi connectivity index (χ3n) is 2.89. The van der Waals surface area contributed by atoms with Crippen molar-refractivity contribution in [3.05, 3.63) is 25.3 Å². The largest absolute Gasteiger partial charge is 0.381 e. The van der Waals surface area contributed by atoms with Crippen LogP contribution in [0.3, 0.4) is 0 Å². The van der Waals surface area contributed by atoms with Gasteiger partial charge in [-0.15, -0.1) is 13.2 Å². The van der Waals surface area contributed by atoms with Crippen molar-refractivity contribution in [2.24, 2.45) is 0 Å². The summed E-state index contributed by atoms with van der Waals surface area (Å²) in [5.41, 5.74) is 0. The first-order valence-electron chi connectivity index (χ1n) is 7.21. The lowest BCUT2D eigenvalue weighted by atomic mass is 10.1. The van der Waals surface area contributed by atoms with Gasteiger partial charge < -0.3 is 4.74 Å². The number of unbranched alkanes of at least 4 members (excludes halogenated alkanes) is 8. The molecule has 0 N–H and O–H groups in total. The van der Waals surface area contributed by atoms with E-state index in [0.717, 1.165) is 26.1 Å². The first-order chi connectivity index (χ1) is 8.41. The van der Waals surface area contributed by atoms with Gasteiger partial charge in [-0.1, -0.05) is 37.8 Å². The highest BCUT2D eigenvalue weighted by Crippen LogP contribution is 2.05. The Morgan fingerprint density at radius 2 is 1.00 bits per heavy atom. The summed E-state index contributed by atoms with van der Waals surface area (Å²) in [5, 5.41) is 0. The van der Waals surface area contributed by atoms with Crippen LogP contribution in [0.25, 0.3) is 0 Å². The van der Waals surface area contributed by atoms with Gasteiger partial charge in [0.1, 0.15) is 0 Å². The summed E-state index contributed by atoms with van der Waals surface area (Å²) in [6.07, 6.45) is 16.6. The van der Waals surface area contributed by atoms with E-state index in [1.165, 1.54) is 51.4 Å². The second-order valence-corrected chi connectivity index (χ2v) is 4.60. The zero-order chi connectivity index (χ0) is 12.6. The standard InChI is InChI=1S/C16H30O/c1-3-5-7-9-11-13-15-17-16-14-12-10-8-6-4-2/h3-4H,1-2,5-16H2. The van der Waals surface area contributed by atoms with Gasteiger partial charge in [0.2, 0.25) is 0 Å². The second-order valence-electron chi connectivity index (χ2n) is 4.60. The number of allylic oxidation sites excluding steroid dienone is 2. The minimum absolute atomic E-state index is 0.945. The van der Waals surface area contributed by atoms with Crippen LogP contribution in [0.15, 0.2) is 25.3 Å². The Morgan fingerprint density at radius 3 is 1.41 bits per heavy atom. The normalized spacial score (nSPS) is 10.4. The Labute approximate surface area is 108 Å². The summed E-state index contributed by atoms with van der Waals surface area (Å²) >= 11 is 0. The van der Waals surface area contributed by atoms with Gasteiger partial charge in [-0.25, -0.2) is 0 Å². The van der Waals surface area contributed by atoms with Crippen molar-refractivity contribution >= 4 is 0 Å². The monoisotopic (exact) mass is 238 g/mol. The Morgan fingerprint density at radius 1 is 0.588 bits per heavy atom. The molecule has 1 heteroatoms. The molecule has 0 saturated heterocycles. The van der Waals surface area contributed by atoms with Crippen molar-refractivity contribution in [2.45, 2.75) is 64.2 Å². The molecule has 0 saturated carbocycles. The molecule has 0 unspecified atom stereocenters. The van der Waals surface area contributed by atoms with Crippen molar-refractivity contribution < 1.29 is 4.74 Å². The highest BCUT2D eigenvalue weighted by Gasteiger charge is 1.92. The predicted octanol–water partition coefficient (Wildman–Crippen LogP) is 5.28. The minimum atomic E-state index is 0.945. The molecule has 0 aliphatic rings. The van der Waals surface area contributed by atoms with Gasteiger partial charge in [0, 0.05) is 13.2 Å². The average Bonchev–Trinajstić information content (AvgIpc) is 2.35. The van der Waals surface area contributed by atoms with E-state index in [4.69, 9.17) is 4.74 Å². The third-order valence-corrected chi connectivity index (χ3v) is 2.89. The highest BCUT2D eigenvalue weighted by molar-refractivity contribution is 4.65. The summed E-state index contributed by atoms with van der Waals surface area (Å²) in [6, 6.07) is 0. The lowest BCUT2D eigenvalue weighted by Crippen LogP contribution is -1.97. The Bertz CT molecular complexity index is 145. The molecule has 0 amide bonds. The summed E-state index contributed by atoms with van der Waals surface area (Å²) in [4.78, 5) is 0. The van der Waals surface area contributed by atoms with Crippen LogP contribution in [-0.4, -0.2) is 13.2 Å². The van der Waals surface area contributed by atoms with Crippen LogP contribution in [0.5, 0.6) is 0 Å². The number of hydrogen-bond donors (Lipinski definition) is 0. The summed E-state index contributed by atoms with van der Waals surface area (Å²) in [5.74, 6) is 0. The molecule has 1 nitrogen and oxygen atoms in total. The fourth-order valence-electron chi connectivity index (χ4n) is 1.79. The molecule has 100 valence electrons. The first-order valence-corrected chi connectivity index (χ1v) is 7.21. The lowest BCUT2D eigenvalue weighted by molar-refractivity contribution is 0.125. The van der Waals surface area contributed by atoms with Crippen LogP contribution < -0.4 is 0 Å². The maximum atomic E-state index is 5.61. The van der Waals surface area contributed by atoms with Gasteiger partial charge in [0.25, 0.3) is 0 Å². The molecule has 0 rings (SSSR count). The molecule has 0 aliphatic carbocycles. The maximum Gasteiger partial charge on any atom is 0.0466 e. The Kier molecular flexibility index (Phi) is 14.9. The fraction of sp³-hybridized carbons (Fsp3) is 0.750. The van der Waals surface area contributed by atoms with Crippen LogP contribution in [0.2, 0.25) is 0 Å². The zero-order valence-corrected chi connectivity index (χ0v) is 11.5. The SMILES string of the molecule is C=CCCCCCCOCCCCCCC=C. The van der Waals surface area contributed by atoms with E-state index in [2.05, 4.69) is 13.2 Å². The fourth-order valence-corrected chi connectivity index (χ4v) is 1.79. The molecule has 0 aromatic carbocycles. The van der Waals surface area contributed by atoms with Gasteiger partial charge in [-0.2, -0.15) is 0 Å². The third kappa shape index (κ3) is 15.4. The van der Waals surface area contributed by atoms with Gasteiger partial charge in [0.15, 0.2) is 0 Å². The molecule has 0 bridgehead atoms. The van der Waals surface area contributed by atoms with E-state index in [1.54, 1.807) is 0 Å². The van der Waals surface area contributed by atoms with Crippen molar-refractivity contribution in [1.82, 2.24) is 0 Å². The first kappa shape index (κ1) is 16.4. The van der Waals surface area contributed by atoms with E-state index in [9.17, 15) is 0 Å². The van der Waals surface area contributed by atoms with E-state index in [0.29, 0.717) is 0 Å². The predicted molar refractivity (Wildman–Crippen MR) is 77.4 cm³/mol. The molecule has 0 aromatic heterocycles. The quantitative estimate of drug-likeness (QED) is 0.296. The van der Waals surface area contributed by atoms with Crippen LogP contribution in [0.4, 0.5) is 0 Å². The molecule has 0 radical (unpaired) electrons. The Hall–Kier alpha value is -0.560. The highest BCUT2D eigenvalue weighted by atomic mass is 16.5. The van der Waals surface area contributed by atoms with Gasteiger partial charge in [-0.05, 0) is 38.5 Å². The van der Waals surface area contributed by atoms with Crippen molar-refractivity contribution in [2.75, 3.05) is 13.2 Å². The molecular formula is C16H30O. The van der Waals surface area contributed by atoms with E-state index in [-0.39, 0.29) is 0 Å². The molecule has 0 atom stereocenters. The second kappa shape index (κ2) is 15.4. The minimum Gasteiger partial charge on any atom is -0.381 e. The van der Waals surface area contributed by atoms with Crippen LogP contribution in [0.1, 0.15) is 64.2 Å². The van der Waals surface area contributed by atoms with Crippen LogP contribution in [0, 0.1) is 0 Å².